The largest absolute Gasteiger partial charge is 0.545 e. The third kappa shape index (κ3) is 4.36. The second kappa shape index (κ2) is 9.09. The highest BCUT2D eigenvalue weighted by atomic mass is 35.5. The number of rotatable bonds is 5. The Morgan fingerprint density at radius 3 is 2.57 bits per heavy atom. The molecule has 0 bridgehead atoms. The first-order valence-electron chi connectivity index (χ1n) is 10.9. The monoisotopic (exact) mass is 491 g/mol. The summed E-state index contributed by atoms with van der Waals surface area (Å²) in [6.07, 6.45) is 0. The number of benzene rings is 3. The van der Waals surface area contributed by atoms with Crippen molar-refractivity contribution >= 4 is 28.5 Å². The summed E-state index contributed by atoms with van der Waals surface area (Å²) < 4.78 is 23.1. The molecule has 0 radical (unpaired) electrons. The van der Waals surface area contributed by atoms with Gasteiger partial charge in [-0.2, -0.15) is 0 Å². The summed E-state index contributed by atoms with van der Waals surface area (Å²) in [6, 6.07) is 13.3. The highest BCUT2D eigenvalue weighted by molar-refractivity contribution is 6.30. The van der Waals surface area contributed by atoms with Gasteiger partial charge >= 0.3 is 0 Å². The van der Waals surface area contributed by atoms with Gasteiger partial charge in [0.15, 0.2) is 12.6 Å². The summed E-state index contributed by atoms with van der Waals surface area (Å²) >= 11 is 6.05. The summed E-state index contributed by atoms with van der Waals surface area (Å²) in [6.45, 7) is 3.94. The number of halogens is 1. The van der Waals surface area contributed by atoms with Crippen LogP contribution in [-0.2, 0) is 18.0 Å². The summed E-state index contributed by atoms with van der Waals surface area (Å²) in [4.78, 5) is 25.1. The van der Waals surface area contributed by atoms with Crippen molar-refractivity contribution in [3.05, 3.63) is 91.6 Å². The smallest absolute Gasteiger partial charge is 0.235 e. The van der Waals surface area contributed by atoms with Crippen molar-refractivity contribution in [2.45, 2.75) is 27.1 Å². The van der Waals surface area contributed by atoms with Gasteiger partial charge in [0, 0.05) is 21.7 Å². The second-order valence-corrected chi connectivity index (χ2v) is 8.78. The summed E-state index contributed by atoms with van der Waals surface area (Å²) in [5.41, 5.74) is 3.61. The number of carboxylic acid groups (broad SMARTS) is 1. The molecule has 0 amide bonds. The molecule has 5 rings (SSSR count). The summed E-state index contributed by atoms with van der Waals surface area (Å²) in [7, 11) is 0. The topological polar surface area (TPSA) is 98.0 Å². The van der Waals surface area contributed by atoms with Crippen molar-refractivity contribution in [1.29, 1.82) is 0 Å². The average Bonchev–Trinajstić information content (AvgIpc) is 2.85. The number of hydrogen-bond acceptors (Lipinski definition) is 7. The van der Waals surface area contributed by atoms with Gasteiger partial charge in [0.25, 0.3) is 0 Å². The second-order valence-electron chi connectivity index (χ2n) is 8.34. The number of ether oxygens (including phenoxy) is 3. The molecule has 0 aliphatic carbocycles. The van der Waals surface area contributed by atoms with E-state index in [0.29, 0.717) is 38.4 Å². The van der Waals surface area contributed by atoms with Crippen molar-refractivity contribution in [2.75, 3.05) is 6.79 Å². The van der Waals surface area contributed by atoms with Crippen LogP contribution in [0.3, 0.4) is 0 Å². The van der Waals surface area contributed by atoms with Crippen LogP contribution in [0.1, 0.15) is 32.6 Å². The molecule has 0 atom stereocenters. The van der Waals surface area contributed by atoms with E-state index in [1.165, 1.54) is 12.1 Å². The van der Waals surface area contributed by atoms with Gasteiger partial charge in [-0.05, 0) is 79.1 Å². The molecule has 8 heteroatoms. The Morgan fingerprint density at radius 1 is 1.09 bits per heavy atom. The lowest BCUT2D eigenvalue weighted by molar-refractivity contribution is -0.255. The number of carboxylic acids is 1. The van der Waals surface area contributed by atoms with Crippen LogP contribution in [-0.4, -0.2) is 12.8 Å². The molecule has 4 aromatic rings. The van der Waals surface area contributed by atoms with E-state index in [4.69, 9.17) is 30.2 Å². The van der Waals surface area contributed by atoms with Crippen LogP contribution in [0.4, 0.5) is 0 Å². The number of carbonyl (C=O) groups excluding carboxylic acids is 1. The molecule has 0 saturated heterocycles. The maximum absolute atomic E-state index is 13.6. The number of aryl methyl sites for hydroxylation is 2. The molecule has 1 aliphatic heterocycles. The molecule has 3 aromatic carbocycles. The fourth-order valence-electron chi connectivity index (χ4n) is 4.03. The first kappa shape index (κ1) is 23.0. The zero-order valence-electron chi connectivity index (χ0n) is 19.0. The highest BCUT2D eigenvalue weighted by Crippen LogP contribution is 2.35. The molecule has 0 fully saturated rings. The molecule has 178 valence electrons. The first-order chi connectivity index (χ1) is 16.8. The van der Waals surface area contributed by atoms with Crippen LogP contribution in [0.25, 0.3) is 22.3 Å². The minimum absolute atomic E-state index is 0.00254. The Morgan fingerprint density at radius 2 is 1.83 bits per heavy atom. The van der Waals surface area contributed by atoms with Crippen molar-refractivity contribution in [2.24, 2.45) is 0 Å². The third-order valence-corrected chi connectivity index (χ3v) is 6.22. The number of aromatic carboxylic acids is 1. The fourth-order valence-corrected chi connectivity index (χ4v) is 4.16. The minimum atomic E-state index is -1.34. The van der Waals surface area contributed by atoms with E-state index < -0.39 is 5.97 Å². The van der Waals surface area contributed by atoms with E-state index in [1.54, 1.807) is 30.3 Å². The standard InChI is InChI=1S/C27H21ClO7/c1-14-7-21-22(8-15(14)2)35-25(16-3-5-20(28)6-4-16)26(23(21)29)33-12-19-10-17(27(30)31)9-18-11-32-13-34-24(18)19/h3-10H,11-13H2,1-2H3,(H,30,31)/p-1. The normalized spacial score (nSPS) is 12.8. The van der Waals surface area contributed by atoms with E-state index in [2.05, 4.69) is 0 Å². The molecule has 0 saturated carbocycles. The van der Waals surface area contributed by atoms with Gasteiger partial charge in [-0.1, -0.05) is 11.6 Å². The van der Waals surface area contributed by atoms with Crippen LogP contribution in [0.5, 0.6) is 11.5 Å². The van der Waals surface area contributed by atoms with E-state index in [-0.39, 0.29) is 42.5 Å². The SMILES string of the molecule is Cc1cc2oc(-c3ccc(Cl)cc3)c(OCc3cc(C(=O)[O-])cc4c3OCOC4)c(=O)c2cc1C. The predicted molar refractivity (Wildman–Crippen MR) is 128 cm³/mol. The molecule has 1 aliphatic rings. The van der Waals surface area contributed by atoms with Crippen LogP contribution in [0, 0.1) is 13.8 Å². The molecular formula is C27H20ClO7-. The molecule has 0 N–H and O–H groups in total. The van der Waals surface area contributed by atoms with E-state index >= 15 is 0 Å². The summed E-state index contributed by atoms with van der Waals surface area (Å²) in [5, 5.41) is 12.5. The molecule has 7 nitrogen and oxygen atoms in total. The van der Waals surface area contributed by atoms with Crippen molar-refractivity contribution < 1.29 is 28.5 Å². The lowest BCUT2D eigenvalue weighted by Gasteiger charge is -2.22. The quantitative estimate of drug-likeness (QED) is 0.404. The van der Waals surface area contributed by atoms with E-state index in [9.17, 15) is 14.7 Å². The van der Waals surface area contributed by atoms with Crippen molar-refractivity contribution in [3.63, 3.8) is 0 Å². The minimum Gasteiger partial charge on any atom is -0.545 e. The van der Waals surface area contributed by atoms with Crippen LogP contribution >= 0.6 is 11.6 Å². The molecule has 35 heavy (non-hydrogen) atoms. The Hall–Kier alpha value is -3.81. The maximum Gasteiger partial charge on any atom is 0.235 e. The number of carbonyl (C=O) groups is 1. The zero-order valence-corrected chi connectivity index (χ0v) is 19.7. The average molecular weight is 492 g/mol. The maximum atomic E-state index is 13.6. The Balaban J connectivity index is 1.64. The number of fused-ring (bicyclic) bond motifs is 2. The van der Waals surface area contributed by atoms with Gasteiger partial charge in [-0.3, -0.25) is 4.79 Å². The van der Waals surface area contributed by atoms with Gasteiger partial charge in [0.2, 0.25) is 11.2 Å². The molecule has 2 heterocycles. The molecule has 0 spiro atoms. The predicted octanol–water partition coefficient (Wildman–Crippen LogP) is 4.54. The van der Waals surface area contributed by atoms with Gasteiger partial charge in [-0.15, -0.1) is 0 Å². The Bertz CT molecular complexity index is 1520. The molecule has 1 aromatic heterocycles. The fraction of sp³-hybridized carbons (Fsp3) is 0.185. The molecular weight excluding hydrogens is 472 g/mol. The van der Waals surface area contributed by atoms with Crippen LogP contribution < -0.4 is 20.0 Å². The highest BCUT2D eigenvalue weighted by Gasteiger charge is 2.22. The van der Waals surface area contributed by atoms with Crippen LogP contribution in [0.2, 0.25) is 5.02 Å². The van der Waals surface area contributed by atoms with Gasteiger partial charge in [-0.25, -0.2) is 0 Å². The van der Waals surface area contributed by atoms with Gasteiger partial charge < -0.3 is 28.5 Å². The van der Waals surface area contributed by atoms with Crippen molar-refractivity contribution in [3.8, 4) is 22.8 Å². The van der Waals surface area contributed by atoms with E-state index in [0.717, 1.165) is 11.1 Å². The molecule has 0 unspecified atom stereocenters. The number of hydrogen-bond donors (Lipinski definition) is 0. The zero-order chi connectivity index (χ0) is 24.7. The lowest BCUT2D eigenvalue weighted by Crippen LogP contribution is -2.24. The van der Waals surface area contributed by atoms with Crippen LogP contribution in [0.15, 0.2) is 57.7 Å². The van der Waals surface area contributed by atoms with E-state index in [1.807, 2.05) is 19.9 Å². The lowest BCUT2D eigenvalue weighted by atomic mass is 10.0. The van der Waals surface area contributed by atoms with Gasteiger partial charge in [0.05, 0.1) is 18.0 Å². The Labute approximate surface area is 205 Å². The first-order valence-corrected chi connectivity index (χ1v) is 11.2. The Kier molecular flexibility index (Phi) is 5.96. The third-order valence-electron chi connectivity index (χ3n) is 5.97. The van der Waals surface area contributed by atoms with Gasteiger partial charge in [0.1, 0.15) is 17.9 Å². The summed E-state index contributed by atoms with van der Waals surface area (Å²) in [5.74, 6) is -0.622. The van der Waals surface area contributed by atoms with Crippen molar-refractivity contribution in [1.82, 2.24) is 0 Å².